The highest BCUT2D eigenvalue weighted by atomic mass is 16.3. The van der Waals surface area contributed by atoms with E-state index >= 15 is 0 Å². The average molecular weight is 453 g/mol. The van der Waals surface area contributed by atoms with Crippen LogP contribution in [0.15, 0.2) is 113 Å². The van der Waals surface area contributed by atoms with Crippen molar-refractivity contribution in [3.8, 4) is 11.3 Å². The molecule has 7 rings (SSSR count). The van der Waals surface area contributed by atoms with E-state index in [1.807, 2.05) is 19.1 Å². The van der Waals surface area contributed by atoms with Gasteiger partial charge in [-0.1, -0.05) is 66.7 Å². The number of aryl methyl sites for hydroxylation is 1. The molecule has 0 fully saturated rings. The van der Waals surface area contributed by atoms with Crippen LogP contribution in [0.2, 0.25) is 0 Å². The summed E-state index contributed by atoms with van der Waals surface area (Å²) in [5.74, 6) is 0. The number of hydrogen-bond donors (Lipinski definition) is 0. The fraction of sp³-hybridized carbons (Fsp3) is 0.0938. The lowest BCUT2D eigenvalue weighted by Gasteiger charge is -2.39. The molecular formula is C32H24N2O. The van der Waals surface area contributed by atoms with Crippen molar-refractivity contribution in [3.05, 3.63) is 131 Å². The maximum Gasteiger partial charge on any atom is 0.141 e. The molecule has 2 aromatic heterocycles. The highest BCUT2D eigenvalue weighted by Gasteiger charge is 2.34. The first-order valence-corrected chi connectivity index (χ1v) is 12.0. The van der Waals surface area contributed by atoms with E-state index in [2.05, 4.69) is 103 Å². The summed E-state index contributed by atoms with van der Waals surface area (Å²) in [6.07, 6.45) is 8.68. The Labute approximate surface area is 204 Å². The summed E-state index contributed by atoms with van der Waals surface area (Å²) >= 11 is 0. The molecule has 3 nitrogen and oxygen atoms in total. The molecule has 0 saturated carbocycles. The highest BCUT2D eigenvalue weighted by Crippen LogP contribution is 2.49. The summed E-state index contributed by atoms with van der Waals surface area (Å²) in [5.41, 5.74) is 11.1. The van der Waals surface area contributed by atoms with Gasteiger partial charge >= 0.3 is 0 Å². The third-order valence-corrected chi connectivity index (χ3v) is 7.21. The van der Waals surface area contributed by atoms with E-state index in [0.717, 1.165) is 38.9 Å². The van der Waals surface area contributed by atoms with Gasteiger partial charge in [-0.2, -0.15) is 0 Å². The van der Waals surface area contributed by atoms with E-state index in [1.54, 1.807) is 0 Å². The maximum atomic E-state index is 6.53. The Bertz CT molecular complexity index is 1730. The fourth-order valence-corrected chi connectivity index (χ4v) is 5.66. The predicted molar refractivity (Wildman–Crippen MR) is 143 cm³/mol. The lowest BCUT2D eigenvalue weighted by atomic mass is 9.81. The van der Waals surface area contributed by atoms with Gasteiger partial charge < -0.3 is 9.32 Å². The highest BCUT2D eigenvalue weighted by molar-refractivity contribution is 6.08. The maximum absolute atomic E-state index is 6.53. The van der Waals surface area contributed by atoms with Gasteiger partial charge in [-0.05, 0) is 55.3 Å². The number of rotatable bonds is 2. The van der Waals surface area contributed by atoms with Gasteiger partial charge in [0.25, 0.3) is 0 Å². The fourth-order valence-electron chi connectivity index (χ4n) is 5.66. The van der Waals surface area contributed by atoms with Crippen molar-refractivity contribution in [1.82, 2.24) is 9.88 Å². The van der Waals surface area contributed by atoms with Crippen molar-refractivity contribution < 1.29 is 4.42 Å². The second kappa shape index (κ2) is 7.57. The molecule has 2 aliphatic rings. The zero-order valence-electron chi connectivity index (χ0n) is 19.7. The van der Waals surface area contributed by atoms with Gasteiger partial charge in [0, 0.05) is 45.1 Å². The second-order valence-corrected chi connectivity index (χ2v) is 9.25. The molecule has 0 bridgehead atoms. The third-order valence-electron chi connectivity index (χ3n) is 7.21. The Morgan fingerprint density at radius 1 is 0.743 bits per heavy atom. The smallest absolute Gasteiger partial charge is 0.141 e. The van der Waals surface area contributed by atoms with Crippen LogP contribution in [0.5, 0.6) is 0 Å². The van der Waals surface area contributed by atoms with Gasteiger partial charge in [0.05, 0.1) is 11.7 Å². The van der Waals surface area contributed by atoms with E-state index in [9.17, 15) is 0 Å². The number of hydrogen-bond acceptors (Lipinski definition) is 3. The quantitative estimate of drug-likeness (QED) is 0.270. The number of allylic oxidation sites excluding steroid dienone is 3. The van der Waals surface area contributed by atoms with Crippen LogP contribution in [0.25, 0.3) is 38.8 Å². The number of nitrogens with zero attached hydrogens (tertiary/aromatic N) is 2. The van der Waals surface area contributed by atoms with E-state index in [4.69, 9.17) is 9.40 Å². The van der Waals surface area contributed by atoms with Crippen molar-refractivity contribution in [2.24, 2.45) is 0 Å². The summed E-state index contributed by atoms with van der Waals surface area (Å²) in [7, 11) is 0. The minimum absolute atomic E-state index is 0.0901. The molecule has 0 spiro atoms. The van der Waals surface area contributed by atoms with Gasteiger partial charge in [0.1, 0.15) is 11.2 Å². The van der Waals surface area contributed by atoms with Crippen LogP contribution < -0.4 is 0 Å². The summed E-state index contributed by atoms with van der Waals surface area (Å²) in [4.78, 5) is 7.23. The van der Waals surface area contributed by atoms with Crippen LogP contribution in [-0.2, 0) is 0 Å². The number of benzene rings is 3. The summed E-state index contributed by atoms with van der Waals surface area (Å²) in [5, 5.41) is 2.32. The zero-order chi connectivity index (χ0) is 23.5. The molecule has 35 heavy (non-hydrogen) atoms. The van der Waals surface area contributed by atoms with Gasteiger partial charge in [-0.15, -0.1) is 0 Å². The topological polar surface area (TPSA) is 29.3 Å². The lowest BCUT2D eigenvalue weighted by Crippen LogP contribution is -2.28. The normalized spacial score (nSPS) is 16.7. The average Bonchev–Trinajstić information content (AvgIpc) is 3.28. The Morgan fingerprint density at radius 3 is 2.46 bits per heavy atom. The predicted octanol–water partition coefficient (Wildman–Crippen LogP) is 8.18. The van der Waals surface area contributed by atoms with Crippen molar-refractivity contribution in [2.45, 2.75) is 19.9 Å². The molecule has 3 heteroatoms. The minimum Gasteiger partial charge on any atom is -0.456 e. The van der Waals surface area contributed by atoms with Crippen LogP contribution >= 0.6 is 0 Å². The SMILES string of the molecule is CC1=C(c2ccccc2-c2cccc(C)n2)c2ccc3c(oc4ccccc43)c2C2C=CC=CN12. The minimum atomic E-state index is 0.0901. The second-order valence-electron chi connectivity index (χ2n) is 9.25. The van der Waals surface area contributed by atoms with Gasteiger partial charge in [0.2, 0.25) is 0 Å². The molecule has 4 heterocycles. The molecule has 0 radical (unpaired) electrons. The lowest BCUT2D eigenvalue weighted by molar-refractivity contribution is 0.393. The summed E-state index contributed by atoms with van der Waals surface area (Å²) in [6, 6.07) is 27.7. The zero-order valence-corrected chi connectivity index (χ0v) is 19.7. The van der Waals surface area contributed by atoms with Crippen LogP contribution in [0, 0.1) is 6.92 Å². The van der Waals surface area contributed by atoms with Crippen LogP contribution in [-0.4, -0.2) is 9.88 Å². The molecule has 0 saturated heterocycles. The Hall–Kier alpha value is -4.37. The van der Waals surface area contributed by atoms with Crippen LogP contribution in [0.4, 0.5) is 0 Å². The first-order valence-electron chi connectivity index (χ1n) is 12.0. The van der Waals surface area contributed by atoms with Crippen molar-refractivity contribution >= 4 is 27.5 Å². The van der Waals surface area contributed by atoms with Crippen LogP contribution in [0.3, 0.4) is 0 Å². The molecular weight excluding hydrogens is 428 g/mol. The van der Waals surface area contributed by atoms with Gasteiger partial charge in [-0.25, -0.2) is 0 Å². The van der Waals surface area contributed by atoms with Crippen molar-refractivity contribution in [1.29, 1.82) is 0 Å². The molecule has 5 aromatic rings. The first-order chi connectivity index (χ1) is 17.2. The van der Waals surface area contributed by atoms with E-state index in [-0.39, 0.29) is 6.04 Å². The van der Waals surface area contributed by atoms with Gasteiger partial charge in [0.15, 0.2) is 0 Å². The molecule has 0 aliphatic carbocycles. The van der Waals surface area contributed by atoms with Gasteiger partial charge in [-0.3, -0.25) is 4.98 Å². The molecule has 0 N–H and O–H groups in total. The Kier molecular flexibility index (Phi) is 4.34. The third kappa shape index (κ3) is 2.95. The standard InChI is InChI=1S/C32H24N2O/c1-20-10-9-14-27(33-20)22-11-3-4-13-24(22)30-21(2)34-19-8-7-15-28(34)31-26(30)18-17-25-23-12-5-6-16-29(23)35-32(25)31/h3-19,28H,1-2H3. The molecule has 2 aliphatic heterocycles. The Balaban J connectivity index is 1.56. The number of aromatic nitrogens is 1. The largest absolute Gasteiger partial charge is 0.456 e. The number of fused-ring (bicyclic) bond motifs is 7. The van der Waals surface area contributed by atoms with Crippen molar-refractivity contribution in [3.63, 3.8) is 0 Å². The molecule has 3 aromatic carbocycles. The molecule has 168 valence electrons. The number of para-hydroxylation sites is 1. The van der Waals surface area contributed by atoms with E-state index < -0.39 is 0 Å². The summed E-state index contributed by atoms with van der Waals surface area (Å²) < 4.78 is 6.53. The van der Waals surface area contributed by atoms with E-state index in [1.165, 1.54) is 28.0 Å². The van der Waals surface area contributed by atoms with Crippen LogP contribution in [0.1, 0.15) is 35.3 Å². The summed E-state index contributed by atoms with van der Waals surface area (Å²) in [6.45, 7) is 4.26. The monoisotopic (exact) mass is 452 g/mol. The number of furan rings is 1. The first kappa shape index (κ1) is 20.0. The number of pyridine rings is 1. The van der Waals surface area contributed by atoms with E-state index in [0.29, 0.717) is 0 Å². The molecule has 1 unspecified atom stereocenters. The van der Waals surface area contributed by atoms with Crippen molar-refractivity contribution in [2.75, 3.05) is 0 Å². The molecule has 1 atom stereocenters. The Morgan fingerprint density at radius 2 is 1.57 bits per heavy atom. The molecule has 0 amide bonds.